The Morgan fingerprint density at radius 3 is 2.30 bits per heavy atom. The lowest BCUT2D eigenvalue weighted by molar-refractivity contribution is 1.22. The van der Waals surface area contributed by atoms with Crippen molar-refractivity contribution in [3.8, 4) is 28.5 Å². The summed E-state index contributed by atoms with van der Waals surface area (Å²) in [5, 5.41) is 9.01. The molecule has 0 amide bonds. The maximum atomic E-state index is 9.01. The zero-order valence-corrected chi connectivity index (χ0v) is 12.1. The highest BCUT2D eigenvalue weighted by atomic mass is 14.7. The maximum absolute atomic E-state index is 9.01. The molecule has 0 fully saturated rings. The van der Waals surface area contributed by atoms with Crippen LogP contribution in [0.15, 0.2) is 54.7 Å². The summed E-state index contributed by atoms with van der Waals surface area (Å²) < 4.78 is 69.6. The van der Waals surface area contributed by atoms with Gasteiger partial charge in [0.1, 0.15) is 0 Å². The highest BCUT2D eigenvalue weighted by Crippen LogP contribution is 2.29. The minimum Gasteiger partial charge on any atom is -0.256 e. The fourth-order valence-electron chi connectivity index (χ4n) is 2.28. The number of aryl methyl sites for hydroxylation is 3. The molecule has 0 saturated heterocycles. The average molecular weight is 307 g/mol. The third kappa shape index (κ3) is 3.00. The first-order valence-corrected chi connectivity index (χ1v) is 6.88. The molecule has 2 heteroatoms. The van der Waals surface area contributed by atoms with E-state index in [1.807, 2.05) is 6.07 Å². The summed E-state index contributed by atoms with van der Waals surface area (Å²) in [5.74, 6) is 0. The number of hydrogen-bond donors (Lipinski definition) is 0. The Morgan fingerprint density at radius 1 is 0.870 bits per heavy atom. The lowest BCUT2D eigenvalue weighted by Crippen LogP contribution is -1.90. The van der Waals surface area contributed by atoms with Gasteiger partial charge in [0.05, 0.1) is 17.3 Å². The van der Waals surface area contributed by atoms with E-state index in [0.717, 1.165) is 6.20 Å². The van der Waals surface area contributed by atoms with E-state index < -0.39 is 20.6 Å². The van der Waals surface area contributed by atoms with Crippen LogP contribution in [-0.4, -0.2) is 4.98 Å². The Hall–Kier alpha value is -2.92. The predicted molar refractivity (Wildman–Crippen MR) is 94.0 cm³/mol. The summed E-state index contributed by atoms with van der Waals surface area (Å²) >= 11 is 0. The number of nitrogens with zero attached hydrogens (tertiary/aromatic N) is 2. The lowest BCUT2D eigenvalue weighted by Gasteiger charge is -2.10. The zero-order valence-electron chi connectivity index (χ0n) is 21.1. The van der Waals surface area contributed by atoms with Crippen molar-refractivity contribution in [3.63, 3.8) is 0 Å². The average Bonchev–Trinajstić information content (AvgIpc) is 2.71. The Balaban J connectivity index is 2.22. The Morgan fingerprint density at radius 2 is 1.61 bits per heavy atom. The van der Waals surface area contributed by atoms with Gasteiger partial charge < -0.3 is 0 Å². The second-order valence-corrected chi connectivity index (χ2v) is 5.06. The van der Waals surface area contributed by atoms with E-state index >= 15 is 0 Å². The van der Waals surface area contributed by atoms with Gasteiger partial charge in [-0.15, -0.1) is 0 Å². The van der Waals surface area contributed by atoms with Crippen LogP contribution in [0.25, 0.3) is 22.4 Å². The number of hydrogen-bond acceptors (Lipinski definition) is 2. The van der Waals surface area contributed by atoms with Gasteiger partial charge in [-0.1, -0.05) is 24.3 Å². The van der Waals surface area contributed by atoms with Crippen LogP contribution in [0.5, 0.6) is 0 Å². The Kier molecular flexibility index (Phi) is 1.99. The SMILES string of the molecule is [2H]C([2H])([2H])c1ccc(-c2cc(C([2H])([2H])[2H])c(C([2H])([2H])[2H])cn2)cc1-c1ccc(C#N)cc1. The number of rotatable bonds is 2. The molecule has 0 aliphatic carbocycles. The van der Waals surface area contributed by atoms with E-state index in [-0.39, 0.29) is 22.4 Å². The minimum absolute atomic E-state index is 0.0844. The van der Waals surface area contributed by atoms with Gasteiger partial charge in [-0.2, -0.15) is 5.26 Å². The number of pyridine rings is 1. The van der Waals surface area contributed by atoms with E-state index in [9.17, 15) is 0 Å². The van der Waals surface area contributed by atoms with E-state index in [1.165, 1.54) is 18.2 Å². The highest BCUT2D eigenvalue weighted by molar-refractivity contribution is 5.74. The largest absolute Gasteiger partial charge is 0.256 e. The fourth-order valence-corrected chi connectivity index (χ4v) is 2.28. The molecule has 0 aliphatic heterocycles. The van der Waals surface area contributed by atoms with Crippen LogP contribution in [0.4, 0.5) is 0 Å². The van der Waals surface area contributed by atoms with E-state index in [4.69, 9.17) is 17.6 Å². The smallest absolute Gasteiger partial charge is 0.0991 e. The topological polar surface area (TPSA) is 36.7 Å². The first-order chi connectivity index (χ1) is 14.7. The molecule has 0 atom stereocenters. The molecule has 3 rings (SSSR count). The fraction of sp³-hybridized carbons (Fsp3) is 0.143. The highest BCUT2D eigenvalue weighted by Gasteiger charge is 2.07. The minimum atomic E-state index is -2.67. The molecule has 0 unspecified atom stereocenters. The zero-order chi connectivity index (χ0) is 23.9. The van der Waals surface area contributed by atoms with Crippen LogP contribution in [0, 0.1) is 31.9 Å². The van der Waals surface area contributed by atoms with Crippen LogP contribution >= 0.6 is 0 Å². The van der Waals surface area contributed by atoms with Crippen LogP contribution in [0.3, 0.4) is 0 Å². The number of aromatic nitrogens is 1. The molecular weight excluding hydrogens is 280 g/mol. The van der Waals surface area contributed by atoms with Crippen molar-refractivity contribution in [2.75, 3.05) is 0 Å². The summed E-state index contributed by atoms with van der Waals surface area (Å²) in [6.45, 7) is -7.73. The second kappa shape index (κ2) is 6.06. The quantitative estimate of drug-likeness (QED) is 0.651. The van der Waals surface area contributed by atoms with Gasteiger partial charge in [0, 0.05) is 24.1 Å². The van der Waals surface area contributed by atoms with Crippen LogP contribution in [-0.2, 0) is 0 Å². The normalized spacial score (nSPS) is 17.8. The van der Waals surface area contributed by atoms with Crippen LogP contribution in [0.1, 0.15) is 34.6 Å². The van der Waals surface area contributed by atoms with Gasteiger partial charge >= 0.3 is 0 Å². The first-order valence-electron chi connectivity index (χ1n) is 11.4. The van der Waals surface area contributed by atoms with Crippen LogP contribution in [0.2, 0.25) is 0 Å². The molecular formula is C21H18N2. The van der Waals surface area contributed by atoms with E-state index in [2.05, 4.69) is 4.98 Å². The third-order valence-electron chi connectivity index (χ3n) is 3.54. The van der Waals surface area contributed by atoms with Crippen molar-refractivity contribution in [1.29, 1.82) is 5.26 Å². The molecule has 0 aliphatic rings. The van der Waals surface area contributed by atoms with Gasteiger partial charge in [-0.05, 0) is 72.6 Å². The molecule has 3 aromatic rings. The molecule has 0 spiro atoms. The summed E-state index contributed by atoms with van der Waals surface area (Å²) in [6.07, 6.45) is 1.03. The van der Waals surface area contributed by atoms with E-state index in [0.29, 0.717) is 22.3 Å². The van der Waals surface area contributed by atoms with Gasteiger partial charge in [0.25, 0.3) is 0 Å². The van der Waals surface area contributed by atoms with Gasteiger partial charge in [-0.3, -0.25) is 4.98 Å². The molecule has 1 aromatic heterocycles. The van der Waals surface area contributed by atoms with Gasteiger partial charge in [0.2, 0.25) is 0 Å². The second-order valence-electron chi connectivity index (χ2n) is 5.06. The van der Waals surface area contributed by atoms with Gasteiger partial charge in [0.15, 0.2) is 0 Å². The summed E-state index contributed by atoms with van der Waals surface area (Å²) in [6, 6.07) is 14.1. The Bertz CT molecular complexity index is 1180. The molecule has 2 aromatic carbocycles. The van der Waals surface area contributed by atoms with Crippen LogP contribution < -0.4 is 0 Å². The molecule has 23 heavy (non-hydrogen) atoms. The molecule has 112 valence electrons. The van der Waals surface area contributed by atoms with Crippen molar-refractivity contribution < 1.29 is 12.3 Å². The van der Waals surface area contributed by atoms with Crippen molar-refractivity contribution in [1.82, 2.24) is 4.98 Å². The maximum Gasteiger partial charge on any atom is 0.0991 e. The first kappa shape index (κ1) is 7.57. The number of nitriles is 1. The van der Waals surface area contributed by atoms with Gasteiger partial charge in [-0.25, -0.2) is 0 Å². The predicted octanol–water partition coefficient (Wildman–Crippen LogP) is 5.21. The summed E-state index contributed by atoms with van der Waals surface area (Å²) in [4.78, 5) is 4.15. The number of benzene rings is 2. The molecule has 2 nitrogen and oxygen atoms in total. The van der Waals surface area contributed by atoms with E-state index in [1.54, 1.807) is 30.3 Å². The lowest BCUT2D eigenvalue weighted by atomic mass is 9.96. The summed E-state index contributed by atoms with van der Waals surface area (Å²) in [5.41, 5.74) is 1.40. The van der Waals surface area contributed by atoms with Crippen molar-refractivity contribution in [2.24, 2.45) is 0 Å². The van der Waals surface area contributed by atoms with Crippen molar-refractivity contribution in [2.45, 2.75) is 20.6 Å². The Labute approximate surface area is 149 Å². The van der Waals surface area contributed by atoms with Crippen molar-refractivity contribution in [3.05, 3.63) is 77.0 Å². The molecule has 1 heterocycles. The molecule has 0 saturated carbocycles. The molecule has 0 N–H and O–H groups in total. The van der Waals surface area contributed by atoms with Crippen molar-refractivity contribution >= 4 is 0 Å². The standard InChI is InChI=1S/C21H18N2/c1-14-4-7-19(21-10-15(2)16(3)13-23-21)11-20(14)18-8-5-17(12-22)6-9-18/h4-11,13H,1-3H3/i1D3,2D3,3D3. The molecule has 0 bridgehead atoms. The molecule has 0 radical (unpaired) electrons. The monoisotopic (exact) mass is 307 g/mol. The third-order valence-corrected chi connectivity index (χ3v) is 3.54. The summed E-state index contributed by atoms with van der Waals surface area (Å²) in [7, 11) is 0.